The van der Waals surface area contributed by atoms with Gasteiger partial charge in [0.1, 0.15) is 0 Å². The number of rotatable bonds is 5. The average Bonchev–Trinajstić information content (AvgIpc) is 1.88. The van der Waals surface area contributed by atoms with Gasteiger partial charge in [0.15, 0.2) is 0 Å². The van der Waals surface area contributed by atoms with Gasteiger partial charge in [-0.25, -0.2) is 0 Å². The summed E-state index contributed by atoms with van der Waals surface area (Å²) in [6.07, 6.45) is 3.84. The minimum absolute atomic E-state index is 0.792. The van der Waals surface area contributed by atoms with Gasteiger partial charge in [0, 0.05) is 13.7 Å². The van der Waals surface area contributed by atoms with Crippen LogP contribution in [-0.2, 0) is 4.74 Å². The molecule has 1 unspecified atom stereocenters. The molecule has 0 aromatic carbocycles. The Kier molecular flexibility index (Phi) is 6.06. The average molecular weight is 130 g/mol. The molecule has 0 saturated heterocycles. The van der Waals surface area contributed by atoms with Gasteiger partial charge < -0.3 is 4.74 Å². The predicted molar refractivity (Wildman–Crippen MR) is 40.6 cm³/mol. The molecule has 0 aliphatic rings. The van der Waals surface area contributed by atoms with Crippen molar-refractivity contribution in [1.82, 2.24) is 0 Å². The molecule has 0 N–H and O–H groups in total. The summed E-state index contributed by atoms with van der Waals surface area (Å²) < 4.78 is 5.05. The molecular weight excluding hydrogens is 112 g/mol. The van der Waals surface area contributed by atoms with Crippen molar-refractivity contribution in [2.24, 2.45) is 5.92 Å². The first-order valence-electron chi connectivity index (χ1n) is 3.84. The van der Waals surface area contributed by atoms with Gasteiger partial charge >= 0.3 is 0 Å². The van der Waals surface area contributed by atoms with Crippen LogP contribution >= 0.6 is 0 Å². The highest BCUT2D eigenvalue weighted by Gasteiger charge is 2.02. The van der Waals surface area contributed by atoms with Gasteiger partial charge in [0.2, 0.25) is 0 Å². The maximum atomic E-state index is 5.05. The molecule has 1 heteroatoms. The summed E-state index contributed by atoms with van der Waals surface area (Å²) in [4.78, 5) is 0. The second kappa shape index (κ2) is 6.09. The van der Waals surface area contributed by atoms with Crippen molar-refractivity contribution in [3.05, 3.63) is 0 Å². The Bertz CT molecular complexity index is 46.5. The van der Waals surface area contributed by atoms with Crippen LogP contribution in [0.1, 0.15) is 33.1 Å². The molecule has 0 aromatic rings. The maximum absolute atomic E-state index is 5.05. The van der Waals surface area contributed by atoms with Crippen molar-refractivity contribution < 1.29 is 4.74 Å². The molecular formula is C8H18O. The monoisotopic (exact) mass is 130 g/mol. The summed E-state index contributed by atoms with van der Waals surface area (Å²) >= 11 is 0. The quantitative estimate of drug-likeness (QED) is 0.555. The van der Waals surface area contributed by atoms with Gasteiger partial charge in [-0.3, -0.25) is 0 Å². The van der Waals surface area contributed by atoms with E-state index in [0.717, 1.165) is 12.5 Å². The van der Waals surface area contributed by atoms with Gasteiger partial charge in [0.05, 0.1) is 0 Å². The van der Waals surface area contributed by atoms with Gasteiger partial charge in [0.25, 0.3) is 0 Å². The zero-order chi connectivity index (χ0) is 7.11. The SMILES string of the molecule is CCCC(CC)COC. The number of hydrogen-bond donors (Lipinski definition) is 0. The van der Waals surface area contributed by atoms with Crippen LogP contribution in [0.25, 0.3) is 0 Å². The summed E-state index contributed by atoms with van der Waals surface area (Å²) in [6, 6.07) is 0. The summed E-state index contributed by atoms with van der Waals surface area (Å²) in [5.74, 6) is 0.792. The normalized spacial score (nSPS) is 13.7. The molecule has 0 spiro atoms. The summed E-state index contributed by atoms with van der Waals surface area (Å²) in [5, 5.41) is 0. The van der Waals surface area contributed by atoms with Gasteiger partial charge in [-0.1, -0.05) is 26.7 Å². The highest BCUT2D eigenvalue weighted by atomic mass is 16.5. The minimum Gasteiger partial charge on any atom is -0.384 e. The van der Waals surface area contributed by atoms with Crippen LogP contribution in [0.5, 0.6) is 0 Å². The second-order valence-electron chi connectivity index (χ2n) is 2.52. The van der Waals surface area contributed by atoms with Crippen LogP contribution in [0.4, 0.5) is 0 Å². The van der Waals surface area contributed by atoms with Crippen LogP contribution in [0.2, 0.25) is 0 Å². The Hall–Kier alpha value is -0.0400. The molecule has 0 aromatic heterocycles. The van der Waals surface area contributed by atoms with Crippen LogP contribution in [0, 0.1) is 5.92 Å². The minimum atomic E-state index is 0.792. The Morgan fingerprint density at radius 2 is 2.00 bits per heavy atom. The molecule has 0 aliphatic carbocycles. The van der Waals surface area contributed by atoms with E-state index in [2.05, 4.69) is 13.8 Å². The topological polar surface area (TPSA) is 9.23 Å². The van der Waals surface area contributed by atoms with E-state index in [4.69, 9.17) is 4.74 Å². The molecule has 0 rings (SSSR count). The van der Waals surface area contributed by atoms with E-state index in [0.29, 0.717) is 0 Å². The zero-order valence-corrected chi connectivity index (χ0v) is 6.81. The highest BCUT2D eigenvalue weighted by molar-refractivity contribution is 4.53. The predicted octanol–water partition coefficient (Wildman–Crippen LogP) is 2.46. The Morgan fingerprint density at radius 3 is 2.33 bits per heavy atom. The molecule has 56 valence electrons. The van der Waals surface area contributed by atoms with Crippen molar-refractivity contribution in [3.8, 4) is 0 Å². The smallest absolute Gasteiger partial charge is 0.0490 e. The van der Waals surface area contributed by atoms with E-state index in [1.54, 1.807) is 7.11 Å². The summed E-state index contributed by atoms with van der Waals surface area (Å²) in [6.45, 7) is 5.38. The van der Waals surface area contributed by atoms with Crippen LogP contribution < -0.4 is 0 Å². The third-order valence-electron chi connectivity index (χ3n) is 1.68. The van der Waals surface area contributed by atoms with Crippen molar-refractivity contribution in [1.29, 1.82) is 0 Å². The largest absolute Gasteiger partial charge is 0.384 e. The van der Waals surface area contributed by atoms with E-state index in [1.807, 2.05) is 0 Å². The van der Waals surface area contributed by atoms with E-state index in [9.17, 15) is 0 Å². The number of ether oxygens (including phenoxy) is 1. The lowest BCUT2D eigenvalue weighted by atomic mass is 10.0. The lowest BCUT2D eigenvalue weighted by Crippen LogP contribution is -2.05. The molecule has 0 fully saturated rings. The van der Waals surface area contributed by atoms with Crippen LogP contribution in [0.3, 0.4) is 0 Å². The lowest BCUT2D eigenvalue weighted by molar-refractivity contribution is 0.145. The van der Waals surface area contributed by atoms with Gasteiger partial charge in [-0.2, -0.15) is 0 Å². The summed E-state index contributed by atoms with van der Waals surface area (Å²) in [7, 11) is 1.78. The van der Waals surface area contributed by atoms with Crippen LogP contribution in [-0.4, -0.2) is 13.7 Å². The first kappa shape index (κ1) is 8.96. The number of hydrogen-bond acceptors (Lipinski definition) is 1. The van der Waals surface area contributed by atoms with Crippen molar-refractivity contribution >= 4 is 0 Å². The molecule has 1 atom stereocenters. The van der Waals surface area contributed by atoms with E-state index < -0.39 is 0 Å². The standard InChI is InChI=1S/C8H18O/c1-4-6-8(5-2)7-9-3/h8H,4-7H2,1-3H3. The van der Waals surface area contributed by atoms with E-state index >= 15 is 0 Å². The van der Waals surface area contributed by atoms with E-state index in [1.165, 1.54) is 19.3 Å². The molecule has 0 amide bonds. The lowest BCUT2D eigenvalue weighted by Gasteiger charge is -2.10. The molecule has 1 nitrogen and oxygen atoms in total. The Labute approximate surface area is 58.4 Å². The zero-order valence-electron chi connectivity index (χ0n) is 6.81. The molecule has 0 radical (unpaired) electrons. The summed E-state index contributed by atoms with van der Waals surface area (Å²) in [5.41, 5.74) is 0. The van der Waals surface area contributed by atoms with Gasteiger partial charge in [-0.15, -0.1) is 0 Å². The van der Waals surface area contributed by atoms with Crippen LogP contribution in [0.15, 0.2) is 0 Å². The molecule has 9 heavy (non-hydrogen) atoms. The van der Waals surface area contributed by atoms with Crippen molar-refractivity contribution in [3.63, 3.8) is 0 Å². The Balaban J connectivity index is 3.18. The fourth-order valence-corrected chi connectivity index (χ4v) is 1.05. The molecule has 0 heterocycles. The van der Waals surface area contributed by atoms with Crippen molar-refractivity contribution in [2.75, 3.05) is 13.7 Å². The first-order valence-corrected chi connectivity index (χ1v) is 3.84. The third kappa shape index (κ3) is 4.46. The molecule has 0 aliphatic heterocycles. The first-order chi connectivity index (χ1) is 4.35. The van der Waals surface area contributed by atoms with E-state index in [-0.39, 0.29) is 0 Å². The molecule has 0 bridgehead atoms. The fraction of sp³-hybridized carbons (Fsp3) is 1.00. The second-order valence-corrected chi connectivity index (χ2v) is 2.52. The maximum Gasteiger partial charge on any atom is 0.0490 e. The Morgan fingerprint density at radius 1 is 1.33 bits per heavy atom. The fourth-order valence-electron chi connectivity index (χ4n) is 1.05. The number of methoxy groups -OCH3 is 1. The highest BCUT2D eigenvalue weighted by Crippen LogP contribution is 2.09. The third-order valence-corrected chi connectivity index (χ3v) is 1.68. The van der Waals surface area contributed by atoms with Gasteiger partial charge in [-0.05, 0) is 12.3 Å². The van der Waals surface area contributed by atoms with Crippen molar-refractivity contribution in [2.45, 2.75) is 33.1 Å². The molecule has 0 saturated carbocycles.